The van der Waals surface area contributed by atoms with Gasteiger partial charge in [0.1, 0.15) is 11.3 Å². The smallest absolute Gasteiger partial charge is 0.339 e. The lowest BCUT2D eigenvalue weighted by Crippen LogP contribution is -2.63. The van der Waals surface area contributed by atoms with E-state index in [-0.39, 0.29) is 29.2 Å². The summed E-state index contributed by atoms with van der Waals surface area (Å²) in [7, 11) is 0. The Bertz CT molecular complexity index is 857. The van der Waals surface area contributed by atoms with E-state index in [1.165, 1.54) is 12.1 Å². The number of carbonyl (C=O) groups excluding carboxylic acids is 1. The first-order valence-corrected chi connectivity index (χ1v) is 8.85. The molecule has 0 radical (unpaired) electrons. The predicted molar refractivity (Wildman–Crippen MR) is 102 cm³/mol. The molecule has 0 bridgehead atoms. The number of phenols is 1. The maximum Gasteiger partial charge on any atom is 0.339 e. The highest BCUT2D eigenvalue weighted by atomic mass is 35.5. The maximum absolute atomic E-state index is 12.6. The third-order valence-corrected chi connectivity index (χ3v) is 4.82. The number of hydrogen-bond acceptors (Lipinski definition) is 5. The lowest BCUT2D eigenvalue weighted by molar-refractivity contribution is -0.128. The molecule has 1 fully saturated rings. The van der Waals surface area contributed by atoms with Crippen molar-refractivity contribution in [1.82, 2.24) is 10.6 Å². The molecule has 3 unspecified atom stereocenters. The van der Waals surface area contributed by atoms with E-state index in [4.69, 9.17) is 16.7 Å². The van der Waals surface area contributed by atoms with Gasteiger partial charge in [-0.25, -0.2) is 4.79 Å². The van der Waals surface area contributed by atoms with Crippen molar-refractivity contribution in [3.63, 3.8) is 0 Å². The highest BCUT2D eigenvalue weighted by molar-refractivity contribution is 6.30. The van der Waals surface area contributed by atoms with Gasteiger partial charge in [-0.2, -0.15) is 0 Å². The van der Waals surface area contributed by atoms with Crippen LogP contribution in [-0.4, -0.2) is 34.4 Å². The average Bonchev–Trinajstić information content (AvgIpc) is 2.61. The van der Waals surface area contributed by atoms with Crippen LogP contribution in [0.5, 0.6) is 5.75 Å². The number of hydrogen-bond donors (Lipinski definition) is 5. The van der Waals surface area contributed by atoms with Crippen LogP contribution in [0.3, 0.4) is 0 Å². The Hall–Kier alpha value is -2.77. The number of nitrogens with one attached hydrogen (secondary N) is 3. The molecule has 5 N–H and O–H groups in total. The SMILES string of the molecule is CC1NC(Nc2ccc(O)c(C(=O)O)c2)NC(=O)C1Cc1ccc(Cl)cc1. The number of halogens is 1. The molecule has 3 atom stereocenters. The van der Waals surface area contributed by atoms with Crippen LogP contribution >= 0.6 is 11.6 Å². The fourth-order valence-corrected chi connectivity index (χ4v) is 3.21. The van der Waals surface area contributed by atoms with Crippen molar-refractivity contribution in [1.29, 1.82) is 0 Å². The number of carboxylic acid groups (broad SMARTS) is 1. The number of carbonyl (C=O) groups is 2. The summed E-state index contributed by atoms with van der Waals surface area (Å²) in [6.07, 6.45) is 0.0202. The van der Waals surface area contributed by atoms with E-state index in [1.54, 1.807) is 18.2 Å². The molecule has 0 aromatic heterocycles. The molecular formula is C19H20ClN3O4. The first kappa shape index (κ1) is 19.0. The van der Waals surface area contributed by atoms with Gasteiger partial charge in [-0.3, -0.25) is 10.1 Å². The Morgan fingerprint density at radius 3 is 2.56 bits per heavy atom. The molecule has 1 heterocycles. The molecule has 1 aliphatic heterocycles. The van der Waals surface area contributed by atoms with E-state index in [2.05, 4.69) is 16.0 Å². The number of aromatic hydroxyl groups is 1. The number of anilines is 1. The number of aromatic carboxylic acids is 1. The third-order valence-electron chi connectivity index (χ3n) is 4.56. The molecule has 0 spiro atoms. The van der Waals surface area contributed by atoms with Crippen LogP contribution in [-0.2, 0) is 11.2 Å². The first-order chi connectivity index (χ1) is 12.8. The second-order valence-corrected chi connectivity index (χ2v) is 6.95. The fraction of sp³-hybridized carbons (Fsp3) is 0.263. The zero-order valence-corrected chi connectivity index (χ0v) is 15.3. The van der Waals surface area contributed by atoms with Crippen molar-refractivity contribution < 1.29 is 19.8 Å². The van der Waals surface area contributed by atoms with Gasteiger partial charge in [0.2, 0.25) is 5.91 Å². The van der Waals surface area contributed by atoms with Crippen LogP contribution in [0, 0.1) is 5.92 Å². The van der Waals surface area contributed by atoms with Crippen LogP contribution < -0.4 is 16.0 Å². The van der Waals surface area contributed by atoms with Crippen molar-refractivity contribution in [2.24, 2.45) is 5.92 Å². The minimum Gasteiger partial charge on any atom is -0.507 e. The molecule has 7 nitrogen and oxygen atoms in total. The maximum atomic E-state index is 12.6. The number of carboxylic acids is 1. The lowest BCUT2D eigenvalue weighted by Gasteiger charge is -2.36. The highest BCUT2D eigenvalue weighted by Gasteiger charge is 2.33. The molecular weight excluding hydrogens is 370 g/mol. The molecule has 1 amide bonds. The van der Waals surface area contributed by atoms with Crippen LogP contribution in [0.15, 0.2) is 42.5 Å². The highest BCUT2D eigenvalue weighted by Crippen LogP contribution is 2.23. The first-order valence-electron chi connectivity index (χ1n) is 8.47. The van der Waals surface area contributed by atoms with Gasteiger partial charge in [0.15, 0.2) is 6.29 Å². The zero-order chi connectivity index (χ0) is 19.6. The van der Waals surface area contributed by atoms with Crippen molar-refractivity contribution in [3.05, 3.63) is 58.6 Å². The van der Waals surface area contributed by atoms with Crippen LogP contribution in [0.4, 0.5) is 5.69 Å². The second kappa shape index (κ2) is 7.85. The van der Waals surface area contributed by atoms with Crippen LogP contribution in [0.25, 0.3) is 0 Å². The van der Waals surface area contributed by atoms with Gasteiger partial charge in [0.05, 0.1) is 5.92 Å². The summed E-state index contributed by atoms with van der Waals surface area (Å²) in [5.74, 6) is -1.90. The van der Waals surface area contributed by atoms with E-state index in [9.17, 15) is 14.7 Å². The van der Waals surface area contributed by atoms with Gasteiger partial charge in [0.25, 0.3) is 0 Å². The van der Waals surface area contributed by atoms with Crippen molar-refractivity contribution in [2.45, 2.75) is 25.7 Å². The summed E-state index contributed by atoms with van der Waals surface area (Å²) >= 11 is 5.90. The molecule has 1 aliphatic rings. The Morgan fingerprint density at radius 2 is 1.93 bits per heavy atom. The van der Waals surface area contributed by atoms with E-state index in [1.807, 2.05) is 19.1 Å². The summed E-state index contributed by atoms with van der Waals surface area (Å²) in [6, 6.07) is 11.4. The minimum atomic E-state index is -1.23. The monoisotopic (exact) mass is 389 g/mol. The zero-order valence-electron chi connectivity index (χ0n) is 14.6. The molecule has 27 heavy (non-hydrogen) atoms. The van der Waals surface area contributed by atoms with Crippen molar-refractivity contribution in [3.8, 4) is 5.75 Å². The Balaban J connectivity index is 1.66. The summed E-state index contributed by atoms with van der Waals surface area (Å²) in [6.45, 7) is 1.92. The molecule has 2 aromatic rings. The summed E-state index contributed by atoms with van der Waals surface area (Å²) in [4.78, 5) is 23.7. The molecule has 0 saturated carbocycles. The van der Waals surface area contributed by atoms with Gasteiger partial charge >= 0.3 is 5.97 Å². The second-order valence-electron chi connectivity index (χ2n) is 6.52. The average molecular weight is 390 g/mol. The van der Waals surface area contributed by atoms with Gasteiger partial charge in [-0.05, 0) is 49.2 Å². The third kappa shape index (κ3) is 4.50. The Morgan fingerprint density at radius 1 is 1.22 bits per heavy atom. The predicted octanol–water partition coefficient (Wildman–Crippen LogP) is 2.41. The van der Waals surface area contributed by atoms with Gasteiger partial charge in [-0.1, -0.05) is 23.7 Å². The Labute approximate surface area is 161 Å². The summed E-state index contributed by atoms with van der Waals surface area (Å²) < 4.78 is 0. The lowest BCUT2D eigenvalue weighted by atomic mass is 9.90. The van der Waals surface area contributed by atoms with Crippen molar-refractivity contribution in [2.75, 3.05) is 5.32 Å². The standard InChI is InChI=1S/C19H20ClN3O4/c1-10-14(8-11-2-4-12(20)5-3-11)17(25)23-19(21-10)22-13-6-7-16(24)15(9-13)18(26)27/h2-7,9-10,14,19,21-22,24H,8H2,1H3,(H,23,25)(H,26,27). The number of benzene rings is 2. The molecule has 2 aromatic carbocycles. The summed E-state index contributed by atoms with van der Waals surface area (Å²) in [5, 5.41) is 28.5. The minimum absolute atomic E-state index is 0.106. The molecule has 3 rings (SSSR count). The van der Waals surface area contributed by atoms with Crippen molar-refractivity contribution >= 4 is 29.2 Å². The number of rotatable bonds is 5. The van der Waals surface area contributed by atoms with E-state index >= 15 is 0 Å². The van der Waals surface area contributed by atoms with Crippen LogP contribution in [0.2, 0.25) is 5.02 Å². The largest absolute Gasteiger partial charge is 0.507 e. The van der Waals surface area contributed by atoms with Gasteiger partial charge < -0.3 is 20.8 Å². The molecule has 142 valence electrons. The quantitative estimate of drug-likeness (QED) is 0.502. The van der Waals surface area contributed by atoms with Crippen LogP contribution in [0.1, 0.15) is 22.8 Å². The molecule has 8 heteroatoms. The van der Waals surface area contributed by atoms with Gasteiger partial charge in [-0.15, -0.1) is 0 Å². The topological polar surface area (TPSA) is 111 Å². The molecule has 0 aliphatic carbocycles. The normalized spacial score (nSPS) is 22.1. The van der Waals surface area contributed by atoms with Gasteiger partial charge in [0, 0.05) is 16.8 Å². The van der Waals surface area contributed by atoms with E-state index in [0.29, 0.717) is 17.1 Å². The summed E-state index contributed by atoms with van der Waals surface area (Å²) in [5.41, 5.74) is 1.27. The Kier molecular flexibility index (Phi) is 5.53. The number of amides is 1. The van der Waals surface area contributed by atoms with E-state index < -0.39 is 12.3 Å². The van der Waals surface area contributed by atoms with E-state index in [0.717, 1.165) is 5.56 Å². The fourth-order valence-electron chi connectivity index (χ4n) is 3.08. The molecule has 1 saturated heterocycles.